The second-order valence-corrected chi connectivity index (χ2v) is 6.55. The largest absolute Gasteiger partial charge is 0.478 e. The van der Waals surface area contributed by atoms with Gasteiger partial charge in [-0.3, -0.25) is 9.59 Å². The summed E-state index contributed by atoms with van der Waals surface area (Å²) in [6.45, 7) is 5.57. The molecule has 0 fully saturated rings. The van der Waals surface area contributed by atoms with Crippen LogP contribution in [0.25, 0.3) is 0 Å². The highest BCUT2D eigenvalue weighted by atomic mass is 16.4. The average Bonchev–Trinajstić information content (AvgIpc) is 2.53. The molecule has 0 saturated carbocycles. The summed E-state index contributed by atoms with van der Waals surface area (Å²) in [6, 6.07) is 12.5. The number of carbonyl (C=O) groups is 3. The molecule has 0 bridgehead atoms. The number of hydrogen-bond donors (Lipinski definition) is 3. The van der Waals surface area contributed by atoms with Gasteiger partial charge in [-0.1, -0.05) is 24.3 Å². The Kier molecular flexibility index (Phi) is 5.22. The van der Waals surface area contributed by atoms with Crippen LogP contribution in [0.5, 0.6) is 0 Å². The van der Waals surface area contributed by atoms with Gasteiger partial charge in [0.05, 0.1) is 22.4 Å². The monoisotopic (exact) mass is 340 g/mol. The average molecular weight is 340 g/mol. The van der Waals surface area contributed by atoms with E-state index < -0.39 is 17.4 Å². The first kappa shape index (κ1) is 18.2. The number of amides is 2. The summed E-state index contributed by atoms with van der Waals surface area (Å²) in [6.07, 6.45) is 0. The lowest BCUT2D eigenvalue weighted by molar-refractivity contribution is 0.0692. The van der Waals surface area contributed by atoms with Crippen molar-refractivity contribution in [3.05, 3.63) is 65.2 Å². The van der Waals surface area contributed by atoms with Gasteiger partial charge in [-0.25, -0.2) is 4.79 Å². The van der Waals surface area contributed by atoms with Crippen molar-refractivity contribution in [3.63, 3.8) is 0 Å². The number of nitrogens with one attached hydrogen (secondary N) is 2. The number of para-hydroxylation sites is 1. The number of hydrogen-bond acceptors (Lipinski definition) is 3. The molecule has 0 aliphatic rings. The Bertz CT molecular complexity index is 822. The van der Waals surface area contributed by atoms with Gasteiger partial charge >= 0.3 is 5.97 Å². The fraction of sp³-hybridized carbons (Fsp3) is 0.211. The highest BCUT2D eigenvalue weighted by Gasteiger charge is 2.20. The standard InChI is InChI=1S/C19H20N2O4/c1-19(2,3)21-17(23)14-10-6-7-11-15(14)20-16(22)12-8-4-5-9-13(12)18(24)25/h4-11H,1-3H3,(H,20,22)(H,21,23)(H,24,25). The van der Waals surface area contributed by atoms with E-state index in [2.05, 4.69) is 10.6 Å². The van der Waals surface area contributed by atoms with Crippen LogP contribution in [0.1, 0.15) is 51.8 Å². The molecule has 2 aromatic carbocycles. The number of carboxylic acids is 1. The lowest BCUT2D eigenvalue weighted by Gasteiger charge is -2.21. The quantitative estimate of drug-likeness (QED) is 0.796. The minimum atomic E-state index is -1.19. The summed E-state index contributed by atoms with van der Waals surface area (Å²) in [7, 11) is 0. The van der Waals surface area contributed by atoms with Crippen molar-refractivity contribution in [3.8, 4) is 0 Å². The van der Waals surface area contributed by atoms with Crippen LogP contribution in [0.15, 0.2) is 48.5 Å². The summed E-state index contributed by atoms with van der Waals surface area (Å²) in [4.78, 5) is 36.2. The maximum absolute atomic E-state index is 12.5. The molecule has 0 atom stereocenters. The van der Waals surface area contributed by atoms with Gasteiger partial charge in [-0.2, -0.15) is 0 Å². The molecule has 6 heteroatoms. The molecule has 6 nitrogen and oxygen atoms in total. The van der Waals surface area contributed by atoms with Gasteiger partial charge in [0.2, 0.25) is 0 Å². The molecule has 0 aliphatic carbocycles. The lowest BCUT2D eigenvalue weighted by atomic mass is 10.1. The van der Waals surface area contributed by atoms with E-state index in [1.165, 1.54) is 12.1 Å². The molecule has 3 N–H and O–H groups in total. The summed E-state index contributed by atoms with van der Waals surface area (Å²) < 4.78 is 0. The molecule has 0 heterocycles. The SMILES string of the molecule is CC(C)(C)NC(=O)c1ccccc1NC(=O)c1ccccc1C(=O)O. The molecule has 0 aliphatic heterocycles. The van der Waals surface area contributed by atoms with Crippen molar-refractivity contribution in [1.29, 1.82) is 0 Å². The van der Waals surface area contributed by atoms with E-state index in [-0.39, 0.29) is 17.0 Å². The normalized spacial score (nSPS) is 10.8. The Morgan fingerprint density at radius 1 is 0.800 bits per heavy atom. The Labute approximate surface area is 145 Å². The zero-order valence-electron chi connectivity index (χ0n) is 14.3. The van der Waals surface area contributed by atoms with Gasteiger partial charge in [0, 0.05) is 5.54 Å². The third-order valence-electron chi connectivity index (χ3n) is 3.31. The highest BCUT2D eigenvalue weighted by Crippen LogP contribution is 2.18. The van der Waals surface area contributed by atoms with Crippen molar-refractivity contribution < 1.29 is 19.5 Å². The van der Waals surface area contributed by atoms with Crippen LogP contribution in [-0.2, 0) is 0 Å². The van der Waals surface area contributed by atoms with E-state index in [0.29, 0.717) is 11.3 Å². The molecule has 0 radical (unpaired) electrons. The fourth-order valence-corrected chi connectivity index (χ4v) is 2.26. The van der Waals surface area contributed by atoms with Crippen LogP contribution in [0, 0.1) is 0 Å². The van der Waals surface area contributed by atoms with Crippen molar-refractivity contribution in [2.24, 2.45) is 0 Å². The van der Waals surface area contributed by atoms with E-state index in [9.17, 15) is 19.5 Å². The molecule has 0 saturated heterocycles. The smallest absolute Gasteiger partial charge is 0.336 e. The number of rotatable bonds is 4. The van der Waals surface area contributed by atoms with Gasteiger partial charge < -0.3 is 15.7 Å². The Morgan fingerprint density at radius 3 is 1.88 bits per heavy atom. The summed E-state index contributed by atoms with van der Waals surface area (Å²) in [5, 5.41) is 14.7. The van der Waals surface area contributed by atoms with Crippen molar-refractivity contribution >= 4 is 23.5 Å². The summed E-state index contributed by atoms with van der Waals surface area (Å²) in [5.41, 5.74) is 0.120. The van der Waals surface area contributed by atoms with Crippen LogP contribution in [0.4, 0.5) is 5.69 Å². The van der Waals surface area contributed by atoms with Gasteiger partial charge in [0.1, 0.15) is 0 Å². The number of carboxylic acid groups (broad SMARTS) is 1. The van der Waals surface area contributed by atoms with Crippen LogP contribution >= 0.6 is 0 Å². The molecule has 2 amide bonds. The van der Waals surface area contributed by atoms with Crippen LogP contribution < -0.4 is 10.6 Å². The van der Waals surface area contributed by atoms with Crippen LogP contribution in [-0.4, -0.2) is 28.4 Å². The minimum absolute atomic E-state index is 0.0287. The maximum Gasteiger partial charge on any atom is 0.336 e. The third-order valence-corrected chi connectivity index (χ3v) is 3.31. The first-order chi connectivity index (χ1) is 11.7. The lowest BCUT2D eigenvalue weighted by Crippen LogP contribution is -2.40. The summed E-state index contributed by atoms with van der Waals surface area (Å²) >= 11 is 0. The van der Waals surface area contributed by atoms with Crippen LogP contribution in [0.3, 0.4) is 0 Å². The van der Waals surface area contributed by atoms with Gasteiger partial charge in [0.15, 0.2) is 0 Å². The van der Waals surface area contributed by atoms with Crippen molar-refractivity contribution in [2.45, 2.75) is 26.3 Å². The predicted octanol–water partition coefficient (Wildman–Crippen LogP) is 3.17. The molecule has 0 spiro atoms. The van der Waals surface area contributed by atoms with Crippen LogP contribution in [0.2, 0.25) is 0 Å². The van der Waals surface area contributed by atoms with E-state index in [1.807, 2.05) is 20.8 Å². The second kappa shape index (κ2) is 7.17. The second-order valence-electron chi connectivity index (χ2n) is 6.55. The highest BCUT2D eigenvalue weighted by molar-refractivity contribution is 6.13. The molecule has 0 aromatic heterocycles. The zero-order valence-corrected chi connectivity index (χ0v) is 14.3. The maximum atomic E-state index is 12.5. The molecule has 130 valence electrons. The van der Waals surface area contributed by atoms with E-state index >= 15 is 0 Å². The van der Waals surface area contributed by atoms with Crippen molar-refractivity contribution in [2.75, 3.05) is 5.32 Å². The van der Waals surface area contributed by atoms with E-state index in [1.54, 1.807) is 36.4 Å². The Hall–Kier alpha value is -3.15. The topological polar surface area (TPSA) is 95.5 Å². The Balaban J connectivity index is 2.31. The first-order valence-corrected chi connectivity index (χ1v) is 7.74. The number of carbonyl (C=O) groups excluding carboxylic acids is 2. The minimum Gasteiger partial charge on any atom is -0.478 e. The first-order valence-electron chi connectivity index (χ1n) is 7.74. The predicted molar refractivity (Wildman–Crippen MR) is 95.0 cm³/mol. The Morgan fingerprint density at radius 2 is 1.32 bits per heavy atom. The van der Waals surface area contributed by atoms with Gasteiger partial charge in [0.25, 0.3) is 11.8 Å². The molecule has 0 unspecified atom stereocenters. The molecular weight excluding hydrogens is 320 g/mol. The van der Waals surface area contributed by atoms with Gasteiger partial charge in [-0.15, -0.1) is 0 Å². The molecule has 2 rings (SSSR count). The van der Waals surface area contributed by atoms with Crippen molar-refractivity contribution in [1.82, 2.24) is 5.32 Å². The molecule has 25 heavy (non-hydrogen) atoms. The van der Waals surface area contributed by atoms with E-state index in [4.69, 9.17) is 0 Å². The molecular formula is C19H20N2O4. The fourth-order valence-electron chi connectivity index (χ4n) is 2.26. The number of benzene rings is 2. The van der Waals surface area contributed by atoms with Gasteiger partial charge in [-0.05, 0) is 45.0 Å². The summed E-state index contributed by atoms with van der Waals surface area (Å²) in [5.74, 6) is -2.10. The van der Waals surface area contributed by atoms with E-state index in [0.717, 1.165) is 0 Å². The molecule has 2 aromatic rings. The third kappa shape index (κ3) is 4.67. The number of anilines is 1. The zero-order chi connectivity index (χ0) is 18.6. The number of aromatic carboxylic acids is 1.